The van der Waals surface area contributed by atoms with Gasteiger partial charge in [0.05, 0.1) is 24.8 Å². The highest BCUT2D eigenvalue weighted by Gasteiger charge is 2.17. The molecule has 0 spiro atoms. The van der Waals surface area contributed by atoms with Gasteiger partial charge in [-0.3, -0.25) is 9.69 Å². The molecule has 6 nitrogen and oxygen atoms in total. The third-order valence-electron chi connectivity index (χ3n) is 5.08. The fourth-order valence-corrected chi connectivity index (χ4v) is 3.36. The van der Waals surface area contributed by atoms with Gasteiger partial charge in [-0.1, -0.05) is 12.1 Å². The number of nitrogens with zero attached hydrogens (tertiary/aromatic N) is 2. The predicted octanol–water partition coefficient (Wildman–Crippen LogP) is 2.77. The second-order valence-electron chi connectivity index (χ2n) is 6.97. The number of phenolic OH excluding ortho intramolecular Hbond substituents is 1. The summed E-state index contributed by atoms with van der Waals surface area (Å²) in [5, 5.41) is 22.2. The van der Waals surface area contributed by atoms with Crippen LogP contribution in [0.25, 0.3) is 11.1 Å². The molecule has 146 valence electrons. The van der Waals surface area contributed by atoms with Crippen LogP contribution in [0.1, 0.15) is 29.3 Å². The summed E-state index contributed by atoms with van der Waals surface area (Å²) in [6.45, 7) is 6.16. The predicted molar refractivity (Wildman–Crippen MR) is 107 cm³/mol. The Morgan fingerprint density at radius 3 is 2.82 bits per heavy atom. The van der Waals surface area contributed by atoms with Crippen molar-refractivity contribution in [3.63, 3.8) is 0 Å². The second-order valence-corrected chi connectivity index (χ2v) is 6.97. The number of carbonyl (C=O) groups excluding carboxylic acids is 1. The minimum Gasteiger partial charge on any atom is -0.507 e. The van der Waals surface area contributed by atoms with E-state index in [0.29, 0.717) is 34.8 Å². The smallest absolute Gasteiger partial charge is 0.251 e. The molecule has 1 heterocycles. The van der Waals surface area contributed by atoms with E-state index in [0.717, 1.165) is 32.7 Å². The Balaban J connectivity index is 1.62. The van der Waals surface area contributed by atoms with Gasteiger partial charge in [0.25, 0.3) is 5.91 Å². The van der Waals surface area contributed by atoms with Crippen molar-refractivity contribution in [2.24, 2.45) is 0 Å². The highest BCUT2D eigenvalue weighted by atomic mass is 16.5. The van der Waals surface area contributed by atoms with E-state index in [-0.39, 0.29) is 11.7 Å². The lowest BCUT2D eigenvalue weighted by atomic mass is 10.00. The molecule has 28 heavy (non-hydrogen) atoms. The molecule has 0 saturated carbocycles. The molecule has 1 aliphatic rings. The Kier molecular flexibility index (Phi) is 6.64. The summed E-state index contributed by atoms with van der Waals surface area (Å²) < 4.78 is 5.37. The number of aromatic hydroxyl groups is 1. The molecule has 1 saturated heterocycles. The second kappa shape index (κ2) is 9.36. The summed E-state index contributed by atoms with van der Waals surface area (Å²) >= 11 is 0. The fraction of sp³-hybridized carbons (Fsp3) is 0.364. The van der Waals surface area contributed by atoms with Crippen molar-refractivity contribution in [3.05, 3.63) is 53.6 Å². The molecule has 1 aliphatic heterocycles. The van der Waals surface area contributed by atoms with E-state index >= 15 is 0 Å². The van der Waals surface area contributed by atoms with Crippen LogP contribution >= 0.6 is 0 Å². The molecular weight excluding hydrogens is 354 g/mol. The molecule has 2 aromatic carbocycles. The van der Waals surface area contributed by atoms with Crippen LogP contribution in [-0.4, -0.2) is 54.8 Å². The summed E-state index contributed by atoms with van der Waals surface area (Å²) in [5.41, 5.74) is 2.22. The molecule has 2 aromatic rings. The zero-order valence-electron chi connectivity index (χ0n) is 16.0. The van der Waals surface area contributed by atoms with E-state index in [1.807, 2.05) is 6.07 Å². The third-order valence-corrected chi connectivity index (χ3v) is 5.08. The third kappa shape index (κ3) is 4.89. The Labute approximate surface area is 165 Å². The summed E-state index contributed by atoms with van der Waals surface area (Å²) in [6.07, 6.45) is 0.871. The van der Waals surface area contributed by atoms with Crippen LogP contribution in [0.4, 0.5) is 0 Å². The van der Waals surface area contributed by atoms with Crippen molar-refractivity contribution in [2.75, 3.05) is 32.8 Å². The van der Waals surface area contributed by atoms with Gasteiger partial charge >= 0.3 is 0 Å². The van der Waals surface area contributed by atoms with E-state index in [1.165, 1.54) is 6.07 Å². The molecule has 6 heteroatoms. The number of carbonyl (C=O) groups is 1. The SMILES string of the molecule is CC(CCNC(=O)c1cccc(-c2cc(C#N)ccc2O)c1)N1CCOCC1. The first-order valence-electron chi connectivity index (χ1n) is 9.52. The quantitative estimate of drug-likeness (QED) is 0.806. The molecule has 2 N–H and O–H groups in total. The highest BCUT2D eigenvalue weighted by Crippen LogP contribution is 2.30. The Morgan fingerprint density at radius 2 is 2.07 bits per heavy atom. The van der Waals surface area contributed by atoms with Gasteiger partial charge in [-0.15, -0.1) is 0 Å². The Morgan fingerprint density at radius 1 is 1.29 bits per heavy atom. The Bertz CT molecular complexity index is 870. The first-order chi connectivity index (χ1) is 13.6. The number of hydrogen-bond donors (Lipinski definition) is 2. The van der Waals surface area contributed by atoms with E-state index in [1.54, 1.807) is 30.3 Å². The number of nitrogens with one attached hydrogen (secondary N) is 1. The minimum atomic E-state index is -0.146. The molecule has 1 amide bonds. The maximum absolute atomic E-state index is 12.5. The van der Waals surface area contributed by atoms with E-state index < -0.39 is 0 Å². The molecule has 0 aliphatic carbocycles. The number of nitriles is 1. The van der Waals surface area contributed by atoms with Gasteiger partial charge in [0.1, 0.15) is 5.75 Å². The number of benzene rings is 2. The van der Waals surface area contributed by atoms with Gasteiger partial charge in [-0.25, -0.2) is 0 Å². The van der Waals surface area contributed by atoms with Gasteiger partial charge in [0.15, 0.2) is 0 Å². The minimum absolute atomic E-state index is 0.0795. The summed E-state index contributed by atoms with van der Waals surface area (Å²) in [7, 11) is 0. The van der Waals surface area contributed by atoms with Crippen molar-refractivity contribution in [3.8, 4) is 22.9 Å². The molecule has 3 rings (SSSR count). The lowest BCUT2D eigenvalue weighted by Gasteiger charge is -2.32. The number of morpholine rings is 1. The largest absolute Gasteiger partial charge is 0.507 e. The molecule has 0 bridgehead atoms. The molecule has 1 unspecified atom stereocenters. The molecular formula is C22H25N3O3. The van der Waals surface area contributed by atoms with Crippen molar-refractivity contribution < 1.29 is 14.6 Å². The molecule has 0 aromatic heterocycles. The van der Waals surface area contributed by atoms with Crippen molar-refractivity contribution >= 4 is 5.91 Å². The maximum atomic E-state index is 12.5. The van der Waals surface area contributed by atoms with Crippen LogP contribution in [0.2, 0.25) is 0 Å². The topological polar surface area (TPSA) is 85.6 Å². The monoisotopic (exact) mass is 379 g/mol. The normalized spacial score (nSPS) is 15.6. The summed E-state index contributed by atoms with van der Waals surface area (Å²) in [5.74, 6) is -0.0668. The highest BCUT2D eigenvalue weighted by molar-refractivity contribution is 5.95. The molecule has 1 fully saturated rings. The van der Waals surface area contributed by atoms with Crippen LogP contribution in [-0.2, 0) is 4.74 Å². The lowest BCUT2D eigenvalue weighted by Crippen LogP contribution is -2.43. The van der Waals surface area contributed by atoms with Crippen molar-refractivity contribution in [2.45, 2.75) is 19.4 Å². The van der Waals surface area contributed by atoms with Gasteiger partial charge in [-0.2, -0.15) is 5.26 Å². The van der Waals surface area contributed by atoms with Gasteiger partial charge in [0, 0.05) is 36.8 Å². The van der Waals surface area contributed by atoms with Crippen molar-refractivity contribution in [1.82, 2.24) is 10.2 Å². The van der Waals surface area contributed by atoms with Crippen molar-refractivity contribution in [1.29, 1.82) is 5.26 Å². The van der Waals surface area contributed by atoms with Crippen LogP contribution in [0, 0.1) is 11.3 Å². The number of phenols is 1. The maximum Gasteiger partial charge on any atom is 0.251 e. The number of ether oxygens (including phenoxy) is 1. The average molecular weight is 379 g/mol. The van der Waals surface area contributed by atoms with Crippen LogP contribution in [0.3, 0.4) is 0 Å². The average Bonchev–Trinajstić information content (AvgIpc) is 2.74. The van der Waals surface area contributed by atoms with Crippen LogP contribution in [0.15, 0.2) is 42.5 Å². The zero-order valence-corrected chi connectivity index (χ0v) is 16.0. The number of amides is 1. The van der Waals surface area contributed by atoms with Gasteiger partial charge < -0.3 is 15.2 Å². The molecule has 1 atom stereocenters. The van der Waals surface area contributed by atoms with Crippen LogP contribution in [0.5, 0.6) is 5.75 Å². The first-order valence-corrected chi connectivity index (χ1v) is 9.52. The van der Waals surface area contributed by atoms with E-state index in [4.69, 9.17) is 10.00 Å². The number of hydrogen-bond acceptors (Lipinski definition) is 5. The van der Waals surface area contributed by atoms with Gasteiger partial charge in [-0.05, 0) is 49.2 Å². The van der Waals surface area contributed by atoms with E-state index in [9.17, 15) is 9.90 Å². The Hall–Kier alpha value is -2.88. The van der Waals surface area contributed by atoms with Gasteiger partial charge in [0.2, 0.25) is 0 Å². The lowest BCUT2D eigenvalue weighted by molar-refractivity contribution is 0.0187. The van der Waals surface area contributed by atoms with Crippen LogP contribution < -0.4 is 5.32 Å². The standard InChI is InChI=1S/C22H25N3O3/c1-16(25-9-11-28-12-10-25)7-8-24-22(27)19-4-2-3-18(14-19)20-13-17(15-23)5-6-21(20)26/h2-6,13-14,16,26H,7-12H2,1H3,(H,24,27). The number of rotatable bonds is 6. The first kappa shape index (κ1) is 19.9. The fourth-order valence-electron chi connectivity index (χ4n) is 3.36. The molecule has 0 radical (unpaired) electrons. The van der Waals surface area contributed by atoms with E-state index in [2.05, 4.69) is 23.2 Å². The summed E-state index contributed by atoms with van der Waals surface area (Å²) in [4.78, 5) is 14.9. The zero-order chi connectivity index (χ0) is 19.9. The summed E-state index contributed by atoms with van der Waals surface area (Å²) in [6, 6.07) is 14.2.